The van der Waals surface area contributed by atoms with Gasteiger partial charge in [-0.15, -0.1) is 0 Å². The third-order valence-corrected chi connectivity index (χ3v) is 3.44. The van der Waals surface area contributed by atoms with Gasteiger partial charge in [0.25, 0.3) is 5.91 Å². The number of esters is 1. The van der Waals surface area contributed by atoms with Crippen molar-refractivity contribution in [2.75, 3.05) is 7.11 Å². The maximum atomic E-state index is 12.3. The van der Waals surface area contributed by atoms with Gasteiger partial charge in [0.1, 0.15) is 6.04 Å². The summed E-state index contributed by atoms with van der Waals surface area (Å²) in [6.45, 7) is 7.78. The van der Waals surface area contributed by atoms with Crippen molar-refractivity contribution in [3.8, 4) is 0 Å². The van der Waals surface area contributed by atoms with Crippen LogP contribution in [0.15, 0.2) is 18.2 Å². The van der Waals surface area contributed by atoms with Crippen LogP contribution < -0.4 is 5.32 Å². The molecule has 1 N–H and O–H groups in total. The molecule has 1 aromatic carbocycles. The Balaban J connectivity index is 2.93. The molecule has 1 rings (SSSR count). The van der Waals surface area contributed by atoms with Gasteiger partial charge in [-0.05, 0) is 31.9 Å². The van der Waals surface area contributed by atoms with E-state index in [4.69, 9.17) is 4.74 Å². The molecular formula is C16H23NO3. The highest BCUT2D eigenvalue weighted by Gasteiger charge is 2.27. The number of amides is 1. The first-order valence-electron chi connectivity index (χ1n) is 6.86. The number of hydrogen-bond donors (Lipinski definition) is 1. The Bertz CT molecular complexity index is 476. The van der Waals surface area contributed by atoms with Gasteiger partial charge < -0.3 is 10.1 Å². The number of carbonyl (C=O) groups excluding carboxylic acids is 2. The average molecular weight is 277 g/mol. The van der Waals surface area contributed by atoms with E-state index in [0.29, 0.717) is 5.56 Å². The summed E-state index contributed by atoms with van der Waals surface area (Å²) in [5.41, 5.74) is 2.61. The normalized spacial score (nSPS) is 13.4. The molecule has 0 aliphatic heterocycles. The molecule has 0 saturated heterocycles. The van der Waals surface area contributed by atoms with E-state index in [0.717, 1.165) is 17.5 Å². The lowest BCUT2D eigenvalue weighted by molar-refractivity contribution is -0.144. The monoisotopic (exact) mass is 277 g/mol. The second kappa shape index (κ2) is 7.08. The standard InChI is InChI=1S/C16H23NO3/c1-6-12(4)14(16(19)20-5)17-15(18)13-8-10(2)7-11(3)9-13/h7-9,12,14H,6H2,1-5H3,(H,17,18)/t12?,14-/m0/s1. The van der Waals surface area contributed by atoms with Gasteiger partial charge in [0.05, 0.1) is 7.11 Å². The van der Waals surface area contributed by atoms with E-state index in [9.17, 15) is 9.59 Å². The molecule has 0 saturated carbocycles. The molecule has 1 unspecified atom stereocenters. The maximum Gasteiger partial charge on any atom is 0.328 e. The van der Waals surface area contributed by atoms with E-state index in [2.05, 4.69) is 5.32 Å². The lowest BCUT2D eigenvalue weighted by Gasteiger charge is -2.22. The Morgan fingerprint density at radius 3 is 2.20 bits per heavy atom. The van der Waals surface area contributed by atoms with Crippen molar-refractivity contribution in [2.24, 2.45) is 5.92 Å². The molecule has 1 amide bonds. The van der Waals surface area contributed by atoms with E-state index in [1.807, 2.05) is 45.9 Å². The molecule has 0 aliphatic rings. The Morgan fingerprint density at radius 2 is 1.75 bits per heavy atom. The minimum atomic E-state index is -0.613. The van der Waals surface area contributed by atoms with Gasteiger partial charge in [-0.2, -0.15) is 0 Å². The second-order valence-corrected chi connectivity index (χ2v) is 5.24. The minimum absolute atomic E-state index is 0.0253. The molecule has 0 aromatic heterocycles. The molecule has 0 radical (unpaired) electrons. The van der Waals surface area contributed by atoms with Crippen LogP contribution in [-0.2, 0) is 9.53 Å². The Hall–Kier alpha value is -1.84. The fraction of sp³-hybridized carbons (Fsp3) is 0.500. The lowest BCUT2D eigenvalue weighted by atomic mass is 9.98. The number of rotatable bonds is 5. The summed E-state index contributed by atoms with van der Waals surface area (Å²) in [6, 6.07) is 5.02. The van der Waals surface area contributed by atoms with Crippen LogP contribution in [0.25, 0.3) is 0 Å². The molecule has 4 nitrogen and oxygen atoms in total. The summed E-state index contributed by atoms with van der Waals surface area (Å²) >= 11 is 0. The summed E-state index contributed by atoms with van der Waals surface area (Å²) in [6.07, 6.45) is 0.785. The van der Waals surface area contributed by atoms with Crippen molar-refractivity contribution in [3.05, 3.63) is 34.9 Å². The van der Waals surface area contributed by atoms with Crippen LogP contribution in [0.5, 0.6) is 0 Å². The fourth-order valence-corrected chi connectivity index (χ4v) is 2.13. The van der Waals surface area contributed by atoms with Gasteiger partial charge in [-0.3, -0.25) is 4.79 Å². The SMILES string of the molecule is CCC(C)[C@H](NC(=O)c1cc(C)cc(C)c1)C(=O)OC. The molecule has 1 aromatic rings. The van der Waals surface area contributed by atoms with E-state index in [1.165, 1.54) is 7.11 Å². The number of hydrogen-bond acceptors (Lipinski definition) is 3. The zero-order chi connectivity index (χ0) is 15.3. The molecule has 20 heavy (non-hydrogen) atoms. The number of benzene rings is 1. The molecule has 0 heterocycles. The summed E-state index contributed by atoms with van der Waals surface area (Å²) in [4.78, 5) is 24.1. The van der Waals surface area contributed by atoms with Crippen molar-refractivity contribution in [1.29, 1.82) is 0 Å². The summed E-state index contributed by atoms with van der Waals surface area (Å²) in [5, 5.41) is 2.78. The van der Waals surface area contributed by atoms with Gasteiger partial charge in [0, 0.05) is 5.56 Å². The zero-order valence-corrected chi connectivity index (χ0v) is 12.8. The van der Waals surface area contributed by atoms with Crippen LogP contribution in [0.4, 0.5) is 0 Å². The molecule has 0 fully saturated rings. The average Bonchev–Trinajstić information content (AvgIpc) is 2.41. The topological polar surface area (TPSA) is 55.4 Å². The number of carbonyl (C=O) groups is 2. The van der Waals surface area contributed by atoms with E-state index < -0.39 is 12.0 Å². The molecule has 2 atom stereocenters. The van der Waals surface area contributed by atoms with Gasteiger partial charge in [-0.1, -0.05) is 37.5 Å². The predicted molar refractivity (Wildman–Crippen MR) is 78.6 cm³/mol. The lowest BCUT2D eigenvalue weighted by Crippen LogP contribution is -2.45. The third-order valence-electron chi connectivity index (χ3n) is 3.44. The number of methoxy groups -OCH3 is 1. The van der Waals surface area contributed by atoms with Crippen molar-refractivity contribution in [1.82, 2.24) is 5.32 Å². The van der Waals surface area contributed by atoms with Crippen LogP contribution in [0.3, 0.4) is 0 Å². The van der Waals surface area contributed by atoms with E-state index in [-0.39, 0.29) is 11.8 Å². The van der Waals surface area contributed by atoms with E-state index in [1.54, 1.807) is 0 Å². The first kappa shape index (κ1) is 16.2. The highest BCUT2D eigenvalue weighted by Crippen LogP contribution is 2.12. The molecule has 110 valence electrons. The van der Waals surface area contributed by atoms with Crippen LogP contribution in [0.2, 0.25) is 0 Å². The van der Waals surface area contributed by atoms with Crippen LogP contribution in [-0.4, -0.2) is 25.0 Å². The smallest absolute Gasteiger partial charge is 0.328 e. The zero-order valence-electron chi connectivity index (χ0n) is 12.8. The Kier molecular flexibility index (Phi) is 5.74. The summed E-state index contributed by atoms with van der Waals surface area (Å²) in [5.74, 6) is -0.623. The van der Waals surface area contributed by atoms with Crippen LogP contribution in [0.1, 0.15) is 41.8 Å². The number of aryl methyl sites for hydroxylation is 2. The van der Waals surface area contributed by atoms with Crippen LogP contribution in [0, 0.1) is 19.8 Å². The molecule has 4 heteroatoms. The fourth-order valence-electron chi connectivity index (χ4n) is 2.13. The molecule has 0 aliphatic carbocycles. The maximum absolute atomic E-state index is 12.3. The van der Waals surface area contributed by atoms with Crippen molar-refractivity contribution in [2.45, 2.75) is 40.2 Å². The Labute approximate surface area is 120 Å². The number of nitrogens with one attached hydrogen (secondary N) is 1. The predicted octanol–water partition coefficient (Wildman–Crippen LogP) is 2.62. The Morgan fingerprint density at radius 1 is 1.20 bits per heavy atom. The van der Waals surface area contributed by atoms with Gasteiger partial charge in [0.2, 0.25) is 0 Å². The van der Waals surface area contributed by atoms with Crippen molar-refractivity contribution < 1.29 is 14.3 Å². The quantitative estimate of drug-likeness (QED) is 0.842. The first-order chi connectivity index (χ1) is 9.38. The highest BCUT2D eigenvalue weighted by molar-refractivity contribution is 5.97. The van der Waals surface area contributed by atoms with Gasteiger partial charge in [0.15, 0.2) is 0 Å². The van der Waals surface area contributed by atoms with E-state index >= 15 is 0 Å². The van der Waals surface area contributed by atoms with Crippen molar-refractivity contribution >= 4 is 11.9 Å². The molecular weight excluding hydrogens is 254 g/mol. The van der Waals surface area contributed by atoms with Crippen LogP contribution >= 0.6 is 0 Å². The minimum Gasteiger partial charge on any atom is -0.467 e. The molecule has 0 bridgehead atoms. The number of ether oxygens (including phenoxy) is 1. The van der Waals surface area contributed by atoms with Gasteiger partial charge >= 0.3 is 5.97 Å². The third kappa shape index (κ3) is 4.08. The highest BCUT2D eigenvalue weighted by atomic mass is 16.5. The molecule has 0 spiro atoms. The van der Waals surface area contributed by atoms with Crippen molar-refractivity contribution in [3.63, 3.8) is 0 Å². The largest absolute Gasteiger partial charge is 0.467 e. The first-order valence-corrected chi connectivity index (χ1v) is 6.86. The second-order valence-electron chi connectivity index (χ2n) is 5.24. The van der Waals surface area contributed by atoms with Gasteiger partial charge in [-0.25, -0.2) is 4.79 Å². The summed E-state index contributed by atoms with van der Waals surface area (Å²) < 4.78 is 4.77. The summed E-state index contributed by atoms with van der Waals surface area (Å²) in [7, 11) is 1.33.